The molecule has 2 aromatic rings. The Kier molecular flexibility index (Phi) is 4.80. The Morgan fingerprint density at radius 2 is 2.29 bits per heavy atom. The number of amides is 1. The number of hydrogen-bond acceptors (Lipinski definition) is 4. The molecule has 0 bridgehead atoms. The molecule has 0 saturated heterocycles. The van der Waals surface area contributed by atoms with Crippen LogP contribution in [0.25, 0.3) is 10.9 Å². The lowest BCUT2D eigenvalue weighted by Crippen LogP contribution is -2.37. The smallest absolute Gasteiger partial charge is 0.272 e. The first-order chi connectivity index (χ1) is 10.0. The Labute approximate surface area is 124 Å². The van der Waals surface area contributed by atoms with E-state index < -0.39 is 0 Å². The van der Waals surface area contributed by atoms with Gasteiger partial charge in [-0.15, -0.1) is 0 Å². The van der Waals surface area contributed by atoms with Gasteiger partial charge in [0.25, 0.3) is 5.91 Å². The van der Waals surface area contributed by atoms with Gasteiger partial charge in [-0.25, -0.2) is 0 Å². The van der Waals surface area contributed by atoms with E-state index in [1.54, 1.807) is 12.1 Å². The number of H-pyrrole nitrogens is 1. The number of carbonyl (C=O) groups is 1. The average Bonchev–Trinajstić information content (AvgIpc) is 2.89. The largest absolute Gasteiger partial charge is 0.399 e. The zero-order chi connectivity index (χ0) is 15.4. The molecule has 6 nitrogen and oxygen atoms in total. The molecule has 0 radical (unpaired) electrons. The summed E-state index contributed by atoms with van der Waals surface area (Å²) in [4.78, 5) is 14.4. The van der Waals surface area contributed by atoms with Gasteiger partial charge in [0, 0.05) is 30.2 Å². The highest BCUT2D eigenvalue weighted by molar-refractivity contribution is 6.05. The zero-order valence-electron chi connectivity index (χ0n) is 12.8. The second-order valence-electron chi connectivity index (χ2n) is 5.37. The molecular weight excluding hydrogens is 266 g/mol. The van der Waals surface area contributed by atoms with Crippen LogP contribution in [0.15, 0.2) is 18.2 Å². The van der Waals surface area contributed by atoms with Crippen molar-refractivity contribution in [3.8, 4) is 0 Å². The Bertz CT molecular complexity index is 622. The normalized spacial score (nSPS) is 12.8. The van der Waals surface area contributed by atoms with Gasteiger partial charge in [0.1, 0.15) is 0 Å². The molecule has 1 unspecified atom stereocenters. The number of aromatic nitrogens is 2. The van der Waals surface area contributed by atoms with Crippen LogP contribution in [0, 0.1) is 0 Å². The topological polar surface area (TPSA) is 87.0 Å². The molecule has 1 aromatic heterocycles. The lowest BCUT2D eigenvalue weighted by molar-refractivity contribution is 0.0944. The number of fused-ring (bicyclic) bond motifs is 1. The number of nitrogens with one attached hydrogen (secondary N) is 2. The summed E-state index contributed by atoms with van der Waals surface area (Å²) < 4.78 is 0. The summed E-state index contributed by atoms with van der Waals surface area (Å²) in [6.07, 6.45) is 1.09. The minimum atomic E-state index is -0.176. The predicted octanol–water partition coefficient (Wildman–Crippen LogP) is 1.61. The molecule has 1 aromatic carbocycles. The molecule has 0 aliphatic rings. The molecule has 0 spiro atoms. The number of likely N-dealkylation sites (N-methyl/N-ethyl adjacent to an activating group) is 1. The molecule has 21 heavy (non-hydrogen) atoms. The Morgan fingerprint density at radius 3 is 3.00 bits per heavy atom. The number of anilines is 1. The first kappa shape index (κ1) is 15.3. The van der Waals surface area contributed by atoms with Crippen molar-refractivity contribution in [2.24, 2.45) is 0 Å². The number of hydrogen-bond donors (Lipinski definition) is 3. The molecule has 0 saturated carbocycles. The van der Waals surface area contributed by atoms with Gasteiger partial charge in [0.2, 0.25) is 0 Å². The van der Waals surface area contributed by atoms with Gasteiger partial charge in [0.15, 0.2) is 5.69 Å². The molecule has 114 valence electrons. The van der Waals surface area contributed by atoms with Gasteiger partial charge < -0.3 is 16.0 Å². The molecule has 4 N–H and O–H groups in total. The SMILES string of the molecule is CCC(C)N(C)CCNC(=O)c1n[nH]c2ccc(N)cc12. The third kappa shape index (κ3) is 3.52. The molecular formula is C15H23N5O. The van der Waals surface area contributed by atoms with E-state index in [4.69, 9.17) is 5.73 Å². The van der Waals surface area contributed by atoms with E-state index >= 15 is 0 Å². The van der Waals surface area contributed by atoms with E-state index in [-0.39, 0.29) is 5.91 Å². The zero-order valence-corrected chi connectivity index (χ0v) is 12.8. The van der Waals surface area contributed by atoms with E-state index in [2.05, 4.69) is 41.3 Å². The maximum atomic E-state index is 12.2. The van der Waals surface area contributed by atoms with E-state index in [1.165, 1.54) is 0 Å². The molecule has 0 aliphatic heterocycles. The highest BCUT2D eigenvalue weighted by Gasteiger charge is 2.14. The third-order valence-electron chi connectivity index (χ3n) is 3.90. The summed E-state index contributed by atoms with van der Waals surface area (Å²) in [5.74, 6) is -0.176. The second-order valence-corrected chi connectivity index (χ2v) is 5.37. The van der Waals surface area contributed by atoms with Gasteiger partial charge in [0.05, 0.1) is 5.52 Å². The number of carbonyl (C=O) groups excluding carboxylic acids is 1. The molecule has 0 aliphatic carbocycles. The van der Waals surface area contributed by atoms with Crippen molar-refractivity contribution in [2.45, 2.75) is 26.3 Å². The average molecular weight is 289 g/mol. The molecule has 2 rings (SSSR count). The lowest BCUT2D eigenvalue weighted by Gasteiger charge is -2.23. The highest BCUT2D eigenvalue weighted by atomic mass is 16.1. The Morgan fingerprint density at radius 1 is 1.52 bits per heavy atom. The van der Waals surface area contributed by atoms with Crippen molar-refractivity contribution in [2.75, 3.05) is 25.9 Å². The van der Waals surface area contributed by atoms with Crippen molar-refractivity contribution in [3.05, 3.63) is 23.9 Å². The van der Waals surface area contributed by atoms with Crippen molar-refractivity contribution >= 4 is 22.5 Å². The third-order valence-corrected chi connectivity index (χ3v) is 3.90. The summed E-state index contributed by atoms with van der Waals surface area (Å²) in [6.45, 7) is 5.73. The maximum absolute atomic E-state index is 12.2. The van der Waals surface area contributed by atoms with Crippen LogP contribution in [0.3, 0.4) is 0 Å². The first-order valence-corrected chi connectivity index (χ1v) is 7.25. The van der Waals surface area contributed by atoms with Crippen LogP contribution >= 0.6 is 0 Å². The fraction of sp³-hybridized carbons (Fsp3) is 0.467. The fourth-order valence-electron chi connectivity index (χ4n) is 2.17. The van der Waals surface area contributed by atoms with Crippen molar-refractivity contribution in [1.82, 2.24) is 20.4 Å². The standard InChI is InChI=1S/C15H23N5O/c1-4-10(2)20(3)8-7-17-15(21)14-12-9-11(16)5-6-13(12)18-19-14/h5-6,9-10H,4,7-8,16H2,1-3H3,(H,17,21)(H,18,19). The summed E-state index contributed by atoms with van der Waals surface area (Å²) in [5.41, 5.74) is 7.58. The minimum Gasteiger partial charge on any atom is -0.399 e. The summed E-state index contributed by atoms with van der Waals surface area (Å²) in [7, 11) is 2.06. The van der Waals surface area contributed by atoms with Gasteiger partial charge >= 0.3 is 0 Å². The number of aromatic amines is 1. The van der Waals surface area contributed by atoms with E-state index in [1.807, 2.05) is 6.07 Å². The van der Waals surface area contributed by atoms with Crippen LogP contribution in [-0.2, 0) is 0 Å². The van der Waals surface area contributed by atoms with E-state index in [9.17, 15) is 4.79 Å². The summed E-state index contributed by atoms with van der Waals surface area (Å²) >= 11 is 0. The van der Waals surface area contributed by atoms with E-state index in [0.29, 0.717) is 24.0 Å². The summed E-state index contributed by atoms with van der Waals surface area (Å²) in [5, 5.41) is 10.6. The number of nitrogens with two attached hydrogens (primary N) is 1. The van der Waals surface area contributed by atoms with Crippen LogP contribution < -0.4 is 11.1 Å². The van der Waals surface area contributed by atoms with Crippen molar-refractivity contribution in [1.29, 1.82) is 0 Å². The Balaban J connectivity index is 1.98. The Hall–Kier alpha value is -2.08. The van der Waals surface area contributed by atoms with Gasteiger partial charge in [-0.3, -0.25) is 9.89 Å². The first-order valence-electron chi connectivity index (χ1n) is 7.25. The van der Waals surface area contributed by atoms with Crippen LogP contribution in [0.4, 0.5) is 5.69 Å². The molecule has 0 fully saturated rings. The van der Waals surface area contributed by atoms with Gasteiger partial charge in [-0.2, -0.15) is 5.10 Å². The second kappa shape index (κ2) is 6.58. The summed E-state index contributed by atoms with van der Waals surface area (Å²) in [6, 6.07) is 5.88. The molecule has 1 atom stereocenters. The van der Waals surface area contributed by atoms with Crippen LogP contribution in [0.1, 0.15) is 30.8 Å². The quantitative estimate of drug-likeness (QED) is 0.705. The predicted molar refractivity (Wildman–Crippen MR) is 85.2 cm³/mol. The van der Waals surface area contributed by atoms with Crippen molar-refractivity contribution in [3.63, 3.8) is 0 Å². The van der Waals surface area contributed by atoms with Gasteiger partial charge in [-0.1, -0.05) is 6.92 Å². The lowest BCUT2D eigenvalue weighted by atomic mass is 10.2. The number of nitrogen functional groups attached to an aromatic ring is 1. The van der Waals surface area contributed by atoms with Crippen LogP contribution in [0.2, 0.25) is 0 Å². The monoisotopic (exact) mass is 289 g/mol. The fourth-order valence-corrected chi connectivity index (χ4v) is 2.17. The van der Waals surface area contributed by atoms with E-state index in [0.717, 1.165) is 23.9 Å². The number of benzene rings is 1. The van der Waals surface area contributed by atoms with Crippen LogP contribution in [-0.4, -0.2) is 47.2 Å². The molecule has 1 amide bonds. The highest BCUT2D eigenvalue weighted by Crippen LogP contribution is 2.18. The minimum absolute atomic E-state index is 0.176. The molecule has 6 heteroatoms. The van der Waals surface area contributed by atoms with Crippen molar-refractivity contribution < 1.29 is 4.79 Å². The molecule has 1 heterocycles. The number of nitrogens with zero attached hydrogens (tertiary/aromatic N) is 2. The maximum Gasteiger partial charge on any atom is 0.272 e. The number of rotatable bonds is 6. The van der Waals surface area contributed by atoms with Gasteiger partial charge in [-0.05, 0) is 38.6 Å². The van der Waals surface area contributed by atoms with Crippen LogP contribution in [0.5, 0.6) is 0 Å².